The van der Waals surface area contributed by atoms with Gasteiger partial charge >= 0.3 is 0 Å². The summed E-state index contributed by atoms with van der Waals surface area (Å²) in [6.45, 7) is 0.00550. The van der Waals surface area contributed by atoms with Crippen molar-refractivity contribution in [3.8, 4) is 22.6 Å². The second-order valence-electron chi connectivity index (χ2n) is 6.26. The van der Waals surface area contributed by atoms with Crippen LogP contribution in [0, 0.1) is 0 Å². The summed E-state index contributed by atoms with van der Waals surface area (Å²) in [5, 5.41) is 2.87. The van der Waals surface area contributed by atoms with Gasteiger partial charge in [0, 0.05) is 18.4 Å². The van der Waals surface area contributed by atoms with Gasteiger partial charge in [-0.25, -0.2) is 0 Å². The number of thiophene rings is 1. The number of methoxy groups -OCH3 is 2. The molecule has 3 aromatic rings. The zero-order valence-electron chi connectivity index (χ0n) is 15.3. The molecule has 1 atom stereocenters. The number of hydrogen-bond donors (Lipinski definition) is 1. The lowest BCUT2D eigenvalue weighted by atomic mass is 9.91. The number of nitrogens with one attached hydrogen (secondary N) is 1. The molecule has 4 rings (SSSR count). The topological polar surface area (TPSA) is 56.8 Å². The van der Waals surface area contributed by atoms with Crippen molar-refractivity contribution in [2.45, 2.75) is 6.10 Å². The fraction of sp³-hybridized carbons (Fsp3) is 0.190. The van der Waals surface area contributed by atoms with Gasteiger partial charge in [-0.2, -0.15) is 0 Å². The summed E-state index contributed by atoms with van der Waals surface area (Å²) in [7, 11) is 3.14. The summed E-state index contributed by atoms with van der Waals surface area (Å²) in [6, 6.07) is 15.7. The third-order valence-corrected chi connectivity index (χ3v) is 6.13. The summed E-state index contributed by atoms with van der Waals surface area (Å²) < 4.78 is 17.9. The van der Waals surface area contributed by atoms with E-state index in [4.69, 9.17) is 14.2 Å². The molecule has 144 valence electrons. The van der Waals surface area contributed by atoms with Crippen molar-refractivity contribution >= 4 is 38.9 Å². The molecule has 1 aromatic heterocycles. The maximum absolute atomic E-state index is 11.9. The molecule has 0 fully saturated rings. The summed E-state index contributed by atoms with van der Waals surface area (Å²) >= 11 is 5.15. The number of rotatable bonds is 5. The molecular weight excluding hydrogens is 442 g/mol. The van der Waals surface area contributed by atoms with E-state index in [1.165, 1.54) is 7.11 Å². The van der Waals surface area contributed by atoms with Crippen LogP contribution in [-0.4, -0.2) is 26.7 Å². The summed E-state index contributed by atoms with van der Waals surface area (Å²) in [5.41, 5.74) is 3.62. The molecule has 28 heavy (non-hydrogen) atoms. The predicted octanol–water partition coefficient (Wildman–Crippen LogP) is 5.25. The van der Waals surface area contributed by atoms with Crippen molar-refractivity contribution in [3.05, 3.63) is 62.8 Å². The van der Waals surface area contributed by atoms with Crippen molar-refractivity contribution < 1.29 is 19.0 Å². The van der Waals surface area contributed by atoms with Gasteiger partial charge in [-0.1, -0.05) is 12.1 Å². The number of halogens is 1. The van der Waals surface area contributed by atoms with E-state index in [2.05, 4.69) is 21.2 Å². The molecule has 1 unspecified atom stereocenters. The van der Waals surface area contributed by atoms with Crippen molar-refractivity contribution in [2.24, 2.45) is 0 Å². The zero-order chi connectivity index (χ0) is 19.7. The molecule has 2 aromatic carbocycles. The lowest BCUT2D eigenvalue weighted by Gasteiger charge is -2.29. The Morgan fingerprint density at radius 1 is 1.21 bits per heavy atom. The zero-order valence-corrected chi connectivity index (χ0v) is 17.7. The van der Waals surface area contributed by atoms with Crippen LogP contribution in [0.1, 0.15) is 16.5 Å². The molecule has 1 aliphatic rings. The van der Waals surface area contributed by atoms with Gasteiger partial charge in [-0.05, 0) is 57.9 Å². The first-order valence-corrected chi connectivity index (χ1v) is 10.2. The van der Waals surface area contributed by atoms with Gasteiger partial charge in [0.15, 0.2) is 6.10 Å². The number of anilines is 1. The quantitative estimate of drug-likeness (QED) is 0.565. The Bertz CT molecular complexity index is 1030. The predicted molar refractivity (Wildman–Crippen MR) is 113 cm³/mol. The van der Waals surface area contributed by atoms with E-state index in [1.807, 2.05) is 48.5 Å². The molecule has 1 aliphatic heterocycles. The second-order valence-corrected chi connectivity index (χ2v) is 8.75. The lowest BCUT2D eigenvalue weighted by molar-refractivity contribution is -0.119. The van der Waals surface area contributed by atoms with E-state index in [-0.39, 0.29) is 18.6 Å². The third kappa shape index (κ3) is 3.53. The van der Waals surface area contributed by atoms with Crippen LogP contribution in [0.15, 0.2) is 52.3 Å². The van der Waals surface area contributed by atoms with Gasteiger partial charge in [-0.3, -0.25) is 4.79 Å². The molecular formula is C21H18BrNO4S. The maximum atomic E-state index is 11.9. The van der Waals surface area contributed by atoms with Crippen LogP contribution in [0.4, 0.5) is 5.69 Å². The molecule has 0 saturated carbocycles. The average Bonchev–Trinajstić information content (AvgIpc) is 3.13. The highest BCUT2D eigenvalue weighted by Crippen LogP contribution is 2.50. The molecule has 2 heterocycles. The molecule has 0 radical (unpaired) electrons. The van der Waals surface area contributed by atoms with E-state index in [9.17, 15) is 4.79 Å². The Labute approximate surface area is 175 Å². The highest BCUT2D eigenvalue weighted by molar-refractivity contribution is 9.11. The van der Waals surface area contributed by atoms with E-state index in [1.54, 1.807) is 18.4 Å². The number of hydrogen-bond acceptors (Lipinski definition) is 5. The highest BCUT2D eigenvalue weighted by atomic mass is 79.9. The Morgan fingerprint density at radius 2 is 2.07 bits per heavy atom. The molecule has 0 aliphatic carbocycles. The van der Waals surface area contributed by atoms with Crippen LogP contribution in [0.3, 0.4) is 0 Å². The first-order valence-electron chi connectivity index (χ1n) is 8.62. The van der Waals surface area contributed by atoms with Crippen LogP contribution in [0.2, 0.25) is 0 Å². The van der Waals surface area contributed by atoms with E-state index in [0.29, 0.717) is 5.69 Å². The smallest absolute Gasteiger partial charge is 0.250 e. The SMILES string of the molecule is COCC(=O)Nc1ccc2c(c1)C(c1ccc(Br)s1)Oc1cccc(OC)c1-2. The summed E-state index contributed by atoms with van der Waals surface area (Å²) in [4.78, 5) is 13.0. The minimum absolute atomic E-state index is 0.00550. The number of carbonyl (C=O) groups excluding carboxylic acids is 1. The van der Waals surface area contributed by atoms with Crippen molar-refractivity contribution in [3.63, 3.8) is 0 Å². The number of amides is 1. The Kier molecular flexibility index (Phi) is 5.39. The number of carbonyl (C=O) groups is 1. The largest absolute Gasteiger partial charge is 0.496 e. The van der Waals surface area contributed by atoms with Gasteiger partial charge in [0.2, 0.25) is 5.91 Å². The minimum Gasteiger partial charge on any atom is -0.496 e. The normalized spacial score (nSPS) is 14.6. The standard InChI is InChI=1S/C21H18BrNO4S/c1-25-11-19(24)23-12-6-7-13-14(10-12)21(17-8-9-18(22)28-17)27-16-5-3-4-15(26-2)20(13)16/h3-10,21H,11H2,1-2H3,(H,23,24). The Hall–Kier alpha value is -2.35. The Morgan fingerprint density at radius 3 is 2.79 bits per heavy atom. The van der Waals surface area contributed by atoms with Crippen LogP contribution < -0.4 is 14.8 Å². The number of fused-ring (bicyclic) bond motifs is 3. The van der Waals surface area contributed by atoms with Crippen molar-refractivity contribution in [1.82, 2.24) is 0 Å². The fourth-order valence-electron chi connectivity index (χ4n) is 3.33. The summed E-state index contributed by atoms with van der Waals surface area (Å²) in [6.07, 6.45) is -0.273. The summed E-state index contributed by atoms with van der Waals surface area (Å²) in [5.74, 6) is 1.32. The van der Waals surface area contributed by atoms with Gasteiger partial charge in [-0.15, -0.1) is 11.3 Å². The molecule has 1 N–H and O–H groups in total. The van der Waals surface area contributed by atoms with Crippen LogP contribution in [-0.2, 0) is 9.53 Å². The van der Waals surface area contributed by atoms with Crippen LogP contribution >= 0.6 is 27.3 Å². The molecule has 0 spiro atoms. The number of ether oxygens (including phenoxy) is 3. The fourth-order valence-corrected chi connectivity index (χ4v) is 4.80. The first-order chi connectivity index (χ1) is 13.6. The molecule has 5 nitrogen and oxygen atoms in total. The van der Waals surface area contributed by atoms with Crippen LogP contribution in [0.5, 0.6) is 11.5 Å². The highest BCUT2D eigenvalue weighted by Gasteiger charge is 2.31. The maximum Gasteiger partial charge on any atom is 0.250 e. The van der Waals surface area contributed by atoms with Gasteiger partial charge in [0.1, 0.15) is 18.1 Å². The first kappa shape index (κ1) is 19.0. The van der Waals surface area contributed by atoms with Gasteiger partial charge in [0.25, 0.3) is 0 Å². The lowest BCUT2D eigenvalue weighted by Crippen LogP contribution is -2.19. The average molecular weight is 460 g/mol. The molecule has 0 saturated heterocycles. The van der Waals surface area contributed by atoms with E-state index < -0.39 is 0 Å². The van der Waals surface area contributed by atoms with Crippen molar-refractivity contribution in [2.75, 3.05) is 26.1 Å². The van der Waals surface area contributed by atoms with Crippen molar-refractivity contribution in [1.29, 1.82) is 0 Å². The molecule has 0 bridgehead atoms. The van der Waals surface area contributed by atoms with E-state index >= 15 is 0 Å². The third-order valence-electron chi connectivity index (χ3n) is 4.47. The van der Waals surface area contributed by atoms with Crippen LogP contribution in [0.25, 0.3) is 11.1 Å². The molecule has 1 amide bonds. The number of benzene rings is 2. The second kappa shape index (κ2) is 7.95. The molecule has 7 heteroatoms. The minimum atomic E-state index is -0.273. The van der Waals surface area contributed by atoms with Gasteiger partial charge < -0.3 is 19.5 Å². The van der Waals surface area contributed by atoms with E-state index in [0.717, 1.165) is 36.9 Å². The van der Waals surface area contributed by atoms with Gasteiger partial charge in [0.05, 0.1) is 21.3 Å². The Balaban J connectivity index is 1.84. The monoisotopic (exact) mass is 459 g/mol.